The molecule has 154 valence electrons. The summed E-state index contributed by atoms with van der Waals surface area (Å²) in [6, 6.07) is 17.9. The van der Waals surface area contributed by atoms with Crippen molar-refractivity contribution in [3.63, 3.8) is 0 Å². The minimum Gasteiger partial charge on any atom is -0.341 e. The summed E-state index contributed by atoms with van der Waals surface area (Å²) >= 11 is 0. The van der Waals surface area contributed by atoms with E-state index in [1.165, 1.54) is 0 Å². The summed E-state index contributed by atoms with van der Waals surface area (Å²) in [7, 11) is 1.94. The molecule has 0 spiro atoms. The number of fused-ring (bicyclic) bond motifs is 1. The van der Waals surface area contributed by atoms with Gasteiger partial charge in [-0.3, -0.25) is 19.5 Å². The highest BCUT2D eigenvalue weighted by Gasteiger charge is 2.29. The van der Waals surface area contributed by atoms with Crippen molar-refractivity contribution >= 4 is 22.5 Å². The van der Waals surface area contributed by atoms with Gasteiger partial charge in [-0.05, 0) is 48.4 Å². The van der Waals surface area contributed by atoms with Gasteiger partial charge in [-0.15, -0.1) is 0 Å². The third kappa shape index (κ3) is 4.74. The molecule has 1 fully saturated rings. The molecule has 0 N–H and O–H groups in total. The predicted molar refractivity (Wildman–Crippen MR) is 118 cm³/mol. The van der Waals surface area contributed by atoms with Crippen LogP contribution in [0.3, 0.4) is 0 Å². The lowest BCUT2D eigenvalue weighted by Crippen LogP contribution is -2.45. The first-order valence-corrected chi connectivity index (χ1v) is 10.5. The third-order valence-corrected chi connectivity index (χ3v) is 5.76. The quantitative estimate of drug-likeness (QED) is 0.590. The average molecular weight is 402 g/mol. The first-order valence-electron chi connectivity index (χ1n) is 10.5. The molecule has 4 rings (SSSR count). The van der Waals surface area contributed by atoms with E-state index in [0.29, 0.717) is 19.6 Å². The van der Waals surface area contributed by atoms with Crippen LogP contribution in [-0.2, 0) is 11.3 Å². The summed E-state index contributed by atoms with van der Waals surface area (Å²) < 4.78 is 0. The van der Waals surface area contributed by atoms with Crippen molar-refractivity contribution in [1.29, 1.82) is 0 Å². The second-order valence-corrected chi connectivity index (χ2v) is 8.14. The molecule has 1 aliphatic heterocycles. The predicted octanol–water partition coefficient (Wildman–Crippen LogP) is 3.79. The van der Waals surface area contributed by atoms with Gasteiger partial charge in [-0.2, -0.15) is 0 Å². The van der Waals surface area contributed by atoms with Crippen LogP contribution >= 0.6 is 0 Å². The molecule has 30 heavy (non-hydrogen) atoms. The second-order valence-electron chi connectivity index (χ2n) is 8.14. The van der Waals surface area contributed by atoms with Gasteiger partial charge in [0.2, 0.25) is 5.91 Å². The minimum absolute atomic E-state index is 0.0809. The van der Waals surface area contributed by atoms with Crippen LogP contribution in [0.25, 0.3) is 10.8 Å². The summed E-state index contributed by atoms with van der Waals surface area (Å²) in [5.41, 5.74) is 1.82. The van der Waals surface area contributed by atoms with Gasteiger partial charge in [0, 0.05) is 43.5 Å². The molecule has 1 aromatic heterocycles. The lowest BCUT2D eigenvalue weighted by atomic mass is 9.89. The van der Waals surface area contributed by atoms with Crippen molar-refractivity contribution < 1.29 is 9.59 Å². The number of hydrogen-bond acceptors (Lipinski definition) is 4. The summed E-state index contributed by atoms with van der Waals surface area (Å²) in [5.74, 6) is 0.0897. The van der Waals surface area contributed by atoms with E-state index in [4.69, 9.17) is 0 Å². The Morgan fingerprint density at radius 1 is 1.10 bits per heavy atom. The van der Waals surface area contributed by atoms with E-state index in [1.54, 1.807) is 6.20 Å². The molecule has 1 atom stereocenters. The molecule has 0 unspecified atom stereocenters. The molecular weight excluding hydrogens is 374 g/mol. The number of pyridine rings is 1. The number of nitrogens with zero attached hydrogens (tertiary/aromatic N) is 3. The number of Topliss-reactive ketones (excluding diaryl/α,β-unsaturated/α-hetero) is 1. The Balaban J connectivity index is 1.38. The number of piperidine rings is 1. The molecule has 5 nitrogen and oxygen atoms in total. The lowest BCUT2D eigenvalue weighted by Gasteiger charge is -2.33. The highest BCUT2D eigenvalue weighted by Crippen LogP contribution is 2.24. The van der Waals surface area contributed by atoms with E-state index >= 15 is 0 Å². The van der Waals surface area contributed by atoms with Crippen LogP contribution in [0.1, 0.15) is 28.8 Å². The van der Waals surface area contributed by atoms with Gasteiger partial charge in [0.15, 0.2) is 5.78 Å². The number of rotatable bonds is 6. The van der Waals surface area contributed by atoms with Crippen LogP contribution in [0.15, 0.2) is 67.0 Å². The van der Waals surface area contributed by atoms with Crippen LogP contribution < -0.4 is 0 Å². The van der Waals surface area contributed by atoms with Crippen molar-refractivity contribution in [3.8, 4) is 0 Å². The molecule has 0 radical (unpaired) electrons. The minimum atomic E-state index is -0.132. The number of ketones is 1. The van der Waals surface area contributed by atoms with E-state index in [-0.39, 0.29) is 17.6 Å². The highest BCUT2D eigenvalue weighted by molar-refractivity contribution is 6.01. The van der Waals surface area contributed by atoms with E-state index in [2.05, 4.69) is 4.98 Å². The van der Waals surface area contributed by atoms with E-state index < -0.39 is 0 Å². The fourth-order valence-corrected chi connectivity index (χ4v) is 4.19. The second kappa shape index (κ2) is 9.18. The van der Waals surface area contributed by atoms with Crippen LogP contribution in [0.4, 0.5) is 0 Å². The van der Waals surface area contributed by atoms with E-state index in [1.807, 2.05) is 77.6 Å². The van der Waals surface area contributed by atoms with Crippen LogP contribution in [0, 0.1) is 5.92 Å². The number of amides is 1. The Hall–Kier alpha value is -3.05. The average Bonchev–Trinajstić information content (AvgIpc) is 2.79. The third-order valence-electron chi connectivity index (χ3n) is 5.76. The van der Waals surface area contributed by atoms with Crippen molar-refractivity contribution in [2.75, 3.05) is 26.7 Å². The zero-order valence-electron chi connectivity index (χ0n) is 17.3. The molecule has 3 aromatic rings. The monoisotopic (exact) mass is 401 g/mol. The Labute approximate surface area is 177 Å². The molecule has 0 bridgehead atoms. The smallest absolute Gasteiger partial charge is 0.236 e. The molecule has 1 amide bonds. The molecular formula is C25H27N3O2. The summed E-state index contributed by atoms with van der Waals surface area (Å²) in [6.45, 7) is 2.24. The number of carbonyl (C=O) groups is 2. The number of likely N-dealkylation sites (tertiary alicyclic amines) is 1. The normalized spacial score (nSPS) is 16.7. The molecule has 5 heteroatoms. The van der Waals surface area contributed by atoms with Crippen molar-refractivity contribution in [3.05, 3.63) is 78.1 Å². The number of hydrogen-bond donors (Lipinski definition) is 0. The van der Waals surface area contributed by atoms with Crippen molar-refractivity contribution in [1.82, 2.24) is 14.8 Å². The topological polar surface area (TPSA) is 53.5 Å². The molecule has 2 aromatic carbocycles. The summed E-state index contributed by atoms with van der Waals surface area (Å²) in [6.07, 6.45) is 5.26. The number of benzene rings is 2. The molecule has 1 saturated heterocycles. The first-order chi connectivity index (χ1) is 14.6. The number of carbonyl (C=O) groups excluding carboxylic acids is 2. The van der Waals surface area contributed by atoms with Gasteiger partial charge in [0.1, 0.15) is 0 Å². The maximum atomic E-state index is 13.1. The maximum absolute atomic E-state index is 13.1. The Kier molecular flexibility index (Phi) is 6.19. The Morgan fingerprint density at radius 3 is 2.73 bits per heavy atom. The van der Waals surface area contributed by atoms with Gasteiger partial charge in [-0.25, -0.2) is 0 Å². The van der Waals surface area contributed by atoms with Gasteiger partial charge in [0.25, 0.3) is 0 Å². The highest BCUT2D eigenvalue weighted by atomic mass is 16.2. The van der Waals surface area contributed by atoms with E-state index in [0.717, 1.165) is 41.3 Å². The fraction of sp³-hybridized carbons (Fsp3) is 0.320. The standard InChI is InChI=1S/C25H27N3O2/c1-27(16-19-6-4-12-26-15-19)18-24(29)28-13-5-9-23(17-28)25(30)22-11-10-20-7-2-3-8-21(20)14-22/h2-4,6-8,10-12,14-15,23H,5,9,13,16-18H2,1H3/t23-/m0/s1. The molecule has 0 aliphatic carbocycles. The SMILES string of the molecule is CN(CC(=O)N1CCC[C@H](C(=O)c2ccc3ccccc3c2)C1)Cc1cccnc1. The van der Waals surface area contributed by atoms with Crippen LogP contribution in [0.2, 0.25) is 0 Å². The van der Waals surface area contributed by atoms with Crippen LogP contribution in [0.5, 0.6) is 0 Å². The zero-order chi connectivity index (χ0) is 20.9. The van der Waals surface area contributed by atoms with Crippen molar-refractivity contribution in [2.24, 2.45) is 5.92 Å². The number of likely N-dealkylation sites (N-methyl/N-ethyl adjacent to an activating group) is 1. The lowest BCUT2D eigenvalue weighted by molar-refractivity contribution is -0.133. The largest absolute Gasteiger partial charge is 0.341 e. The Morgan fingerprint density at radius 2 is 1.93 bits per heavy atom. The number of aromatic nitrogens is 1. The van der Waals surface area contributed by atoms with Crippen molar-refractivity contribution in [2.45, 2.75) is 19.4 Å². The van der Waals surface area contributed by atoms with Gasteiger partial charge in [-0.1, -0.05) is 42.5 Å². The zero-order valence-corrected chi connectivity index (χ0v) is 17.3. The Bertz CT molecular complexity index is 1030. The van der Waals surface area contributed by atoms with Gasteiger partial charge >= 0.3 is 0 Å². The maximum Gasteiger partial charge on any atom is 0.236 e. The molecule has 2 heterocycles. The van der Waals surface area contributed by atoms with Gasteiger partial charge < -0.3 is 4.90 Å². The van der Waals surface area contributed by atoms with Crippen LogP contribution in [-0.4, -0.2) is 53.2 Å². The van der Waals surface area contributed by atoms with Gasteiger partial charge in [0.05, 0.1) is 6.54 Å². The fourth-order valence-electron chi connectivity index (χ4n) is 4.19. The summed E-state index contributed by atoms with van der Waals surface area (Å²) in [4.78, 5) is 33.9. The summed E-state index contributed by atoms with van der Waals surface area (Å²) in [5, 5.41) is 2.20. The first kappa shape index (κ1) is 20.2. The molecule has 0 saturated carbocycles. The van der Waals surface area contributed by atoms with E-state index in [9.17, 15) is 9.59 Å². The molecule has 1 aliphatic rings.